The van der Waals surface area contributed by atoms with Gasteiger partial charge in [0.1, 0.15) is 0 Å². The second-order valence-electron chi connectivity index (χ2n) is 4.60. The van der Waals surface area contributed by atoms with E-state index in [2.05, 4.69) is 19.2 Å². The molecule has 1 aliphatic carbocycles. The van der Waals surface area contributed by atoms with Gasteiger partial charge in [-0.1, -0.05) is 13.8 Å². The first-order valence-electron chi connectivity index (χ1n) is 4.89. The van der Waals surface area contributed by atoms with Crippen molar-refractivity contribution in [1.29, 1.82) is 0 Å². The summed E-state index contributed by atoms with van der Waals surface area (Å²) < 4.78 is 0. The number of rotatable bonds is 4. The third-order valence-corrected chi connectivity index (χ3v) is 3.22. The molecular weight excluding hydrogens is 150 g/mol. The molecule has 0 amide bonds. The highest BCUT2D eigenvalue weighted by Crippen LogP contribution is 2.48. The van der Waals surface area contributed by atoms with Gasteiger partial charge < -0.3 is 10.4 Å². The number of aliphatic hydroxyl groups is 1. The molecule has 0 aliphatic heterocycles. The molecule has 0 atom stereocenters. The molecule has 0 aromatic rings. The second kappa shape index (κ2) is 3.75. The van der Waals surface area contributed by atoms with E-state index in [1.54, 1.807) is 0 Å². The van der Waals surface area contributed by atoms with Crippen LogP contribution in [-0.2, 0) is 0 Å². The number of aliphatic hydroxyl groups excluding tert-OH is 1. The van der Waals surface area contributed by atoms with E-state index in [0.717, 1.165) is 18.4 Å². The first-order valence-corrected chi connectivity index (χ1v) is 4.89. The lowest BCUT2D eigenvalue weighted by molar-refractivity contribution is -0.0218. The molecule has 1 saturated carbocycles. The summed E-state index contributed by atoms with van der Waals surface area (Å²) in [6, 6.07) is 0. The third kappa shape index (κ3) is 1.80. The Kier molecular flexibility index (Phi) is 3.13. The Morgan fingerprint density at radius 3 is 2.42 bits per heavy atom. The Morgan fingerprint density at radius 2 is 2.08 bits per heavy atom. The highest BCUT2D eigenvalue weighted by atomic mass is 16.3. The van der Waals surface area contributed by atoms with Crippen LogP contribution in [0.1, 0.15) is 26.7 Å². The second-order valence-corrected chi connectivity index (χ2v) is 4.60. The van der Waals surface area contributed by atoms with Crippen LogP contribution < -0.4 is 5.32 Å². The van der Waals surface area contributed by atoms with Gasteiger partial charge in [0.25, 0.3) is 0 Å². The Balaban J connectivity index is 2.35. The van der Waals surface area contributed by atoms with Gasteiger partial charge in [0.05, 0.1) is 0 Å². The van der Waals surface area contributed by atoms with Gasteiger partial charge in [0, 0.05) is 18.6 Å². The number of nitrogens with one attached hydrogen (secondary N) is 1. The smallest absolute Gasteiger partial charge is 0.0499 e. The van der Waals surface area contributed by atoms with E-state index < -0.39 is 0 Å². The molecule has 2 nitrogen and oxygen atoms in total. The van der Waals surface area contributed by atoms with Crippen molar-refractivity contribution in [1.82, 2.24) is 5.32 Å². The molecule has 1 aliphatic rings. The molecule has 72 valence electrons. The van der Waals surface area contributed by atoms with E-state index in [9.17, 15) is 5.11 Å². The predicted molar refractivity (Wildman–Crippen MR) is 51.0 cm³/mol. The molecule has 0 aromatic carbocycles. The lowest BCUT2D eigenvalue weighted by atomic mass is 9.59. The molecule has 0 bridgehead atoms. The van der Waals surface area contributed by atoms with Crippen LogP contribution in [0.2, 0.25) is 0 Å². The van der Waals surface area contributed by atoms with Gasteiger partial charge in [0.2, 0.25) is 0 Å². The minimum absolute atomic E-state index is 0.212. The summed E-state index contributed by atoms with van der Waals surface area (Å²) in [5.41, 5.74) is 0.212. The van der Waals surface area contributed by atoms with E-state index >= 15 is 0 Å². The Bertz CT molecular complexity index is 139. The van der Waals surface area contributed by atoms with Crippen LogP contribution in [0.5, 0.6) is 0 Å². The van der Waals surface area contributed by atoms with Crippen LogP contribution in [0.3, 0.4) is 0 Å². The summed E-state index contributed by atoms with van der Waals surface area (Å²) in [4.78, 5) is 0. The lowest BCUT2D eigenvalue weighted by Crippen LogP contribution is -2.48. The van der Waals surface area contributed by atoms with E-state index in [0.29, 0.717) is 6.61 Å². The van der Waals surface area contributed by atoms with Crippen molar-refractivity contribution >= 4 is 0 Å². The Labute approximate surface area is 75.4 Å². The third-order valence-electron chi connectivity index (χ3n) is 3.22. The molecule has 0 unspecified atom stereocenters. The van der Waals surface area contributed by atoms with Crippen LogP contribution in [-0.4, -0.2) is 25.3 Å². The van der Waals surface area contributed by atoms with Gasteiger partial charge in [-0.05, 0) is 31.7 Å². The topological polar surface area (TPSA) is 32.3 Å². The molecule has 0 heterocycles. The normalized spacial score (nSPS) is 35.2. The van der Waals surface area contributed by atoms with Crippen molar-refractivity contribution < 1.29 is 5.11 Å². The van der Waals surface area contributed by atoms with Crippen molar-refractivity contribution in [2.45, 2.75) is 26.7 Å². The first-order chi connectivity index (χ1) is 5.63. The standard InChI is InChI=1S/C10H21NO/c1-8(2)9-4-10(5-9,7-12)6-11-3/h8-9,11-12H,4-7H2,1-3H3. The minimum Gasteiger partial charge on any atom is -0.396 e. The van der Waals surface area contributed by atoms with Crippen molar-refractivity contribution in [2.75, 3.05) is 20.2 Å². The lowest BCUT2D eigenvalue weighted by Gasteiger charge is -2.48. The van der Waals surface area contributed by atoms with Crippen LogP contribution in [0.25, 0.3) is 0 Å². The van der Waals surface area contributed by atoms with Gasteiger partial charge >= 0.3 is 0 Å². The SMILES string of the molecule is CNCC1(CO)CC(C(C)C)C1. The zero-order valence-corrected chi connectivity index (χ0v) is 8.43. The van der Waals surface area contributed by atoms with E-state index in [-0.39, 0.29) is 5.41 Å². The molecule has 12 heavy (non-hydrogen) atoms. The summed E-state index contributed by atoms with van der Waals surface area (Å²) in [5.74, 6) is 1.62. The van der Waals surface area contributed by atoms with Gasteiger partial charge in [-0.2, -0.15) is 0 Å². The summed E-state index contributed by atoms with van der Waals surface area (Å²) in [7, 11) is 1.96. The molecule has 2 heteroatoms. The van der Waals surface area contributed by atoms with E-state index in [1.807, 2.05) is 7.05 Å². The maximum atomic E-state index is 9.23. The Hall–Kier alpha value is -0.0800. The molecule has 0 aromatic heterocycles. The van der Waals surface area contributed by atoms with Crippen molar-refractivity contribution in [2.24, 2.45) is 17.3 Å². The monoisotopic (exact) mass is 171 g/mol. The van der Waals surface area contributed by atoms with E-state index in [4.69, 9.17) is 0 Å². The van der Waals surface area contributed by atoms with Gasteiger partial charge in [-0.25, -0.2) is 0 Å². The summed E-state index contributed by atoms with van der Waals surface area (Å²) >= 11 is 0. The van der Waals surface area contributed by atoms with E-state index in [1.165, 1.54) is 12.8 Å². The fourth-order valence-electron chi connectivity index (χ4n) is 2.23. The summed E-state index contributed by atoms with van der Waals surface area (Å²) in [6.45, 7) is 5.85. The number of hydrogen-bond donors (Lipinski definition) is 2. The fourth-order valence-corrected chi connectivity index (χ4v) is 2.23. The van der Waals surface area contributed by atoms with Crippen LogP contribution in [0.15, 0.2) is 0 Å². The minimum atomic E-state index is 0.212. The molecule has 1 fully saturated rings. The zero-order chi connectivity index (χ0) is 9.19. The Morgan fingerprint density at radius 1 is 1.50 bits per heavy atom. The summed E-state index contributed by atoms with van der Waals surface area (Å²) in [5, 5.41) is 12.4. The van der Waals surface area contributed by atoms with Crippen molar-refractivity contribution in [3.63, 3.8) is 0 Å². The van der Waals surface area contributed by atoms with Crippen LogP contribution in [0.4, 0.5) is 0 Å². The van der Waals surface area contributed by atoms with Gasteiger partial charge in [-0.3, -0.25) is 0 Å². The molecule has 2 N–H and O–H groups in total. The highest BCUT2D eigenvalue weighted by molar-refractivity contribution is 4.95. The predicted octanol–water partition coefficient (Wildman–Crippen LogP) is 1.25. The molecule has 1 rings (SSSR count). The van der Waals surface area contributed by atoms with Crippen molar-refractivity contribution in [3.05, 3.63) is 0 Å². The highest BCUT2D eigenvalue weighted by Gasteiger charge is 2.43. The molecule has 0 saturated heterocycles. The molecule has 0 spiro atoms. The first kappa shape index (κ1) is 10.0. The molecular formula is C10H21NO. The van der Waals surface area contributed by atoms with Gasteiger partial charge in [0.15, 0.2) is 0 Å². The van der Waals surface area contributed by atoms with Crippen LogP contribution in [0, 0.1) is 17.3 Å². The average Bonchev–Trinajstić information content (AvgIpc) is 1.95. The van der Waals surface area contributed by atoms with Crippen LogP contribution >= 0.6 is 0 Å². The van der Waals surface area contributed by atoms with Gasteiger partial charge in [-0.15, -0.1) is 0 Å². The molecule has 0 radical (unpaired) electrons. The van der Waals surface area contributed by atoms with Crippen molar-refractivity contribution in [3.8, 4) is 0 Å². The maximum absolute atomic E-state index is 9.23. The number of hydrogen-bond acceptors (Lipinski definition) is 2. The largest absolute Gasteiger partial charge is 0.396 e. The fraction of sp³-hybridized carbons (Fsp3) is 1.00. The zero-order valence-electron chi connectivity index (χ0n) is 8.43. The summed E-state index contributed by atoms with van der Waals surface area (Å²) in [6.07, 6.45) is 2.39. The maximum Gasteiger partial charge on any atom is 0.0499 e. The quantitative estimate of drug-likeness (QED) is 0.667. The average molecular weight is 171 g/mol.